The summed E-state index contributed by atoms with van der Waals surface area (Å²) in [6.07, 6.45) is 1.38. The predicted octanol–water partition coefficient (Wildman–Crippen LogP) is 2.07. The molecule has 0 aliphatic carbocycles. The monoisotopic (exact) mass is 329 g/mol. The molecule has 1 fully saturated rings. The summed E-state index contributed by atoms with van der Waals surface area (Å²) in [5, 5.41) is 9.08. The van der Waals surface area contributed by atoms with Crippen LogP contribution in [-0.4, -0.2) is 48.4 Å². The topological polar surface area (TPSA) is 74.7 Å². The molecule has 2 rings (SSSR count). The summed E-state index contributed by atoms with van der Waals surface area (Å²) in [6, 6.07) is 4.34. The molecule has 0 unspecified atom stereocenters. The van der Waals surface area contributed by atoms with E-state index >= 15 is 0 Å². The minimum absolute atomic E-state index is 0.00923. The lowest BCUT2D eigenvalue weighted by Crippen LogP contribution is -2.33. The Balaban J connectivity index is 2.46. The Bertz CT molecular complexity index is 620. The minimum atomic E-state index is -3.63. The first-order valence-electron chi connectivity index (χ1n) is 6.91. The van der Waals surface area contributed by atoms with Crippen LogP contribution in [0.4, 0.5) is 0 Å². The molecule has 0 saturated carbocycles. The number of benzene rings is 1. The Morgan fingerprint density at radius 3 is 2.76 bits per heavy atom. The lowest BCUT2D eigenvalue weighted by molar-refractivity contribution is 0.0696. The van der Waals surface area contributed by atoms with Crippen molar-refractivity contribution >= 4 is 27.8 Å². The fraction of sp³-hybridized carbons (Fsp3) is 0.500. The zero-order valence-electron chi connectivity index (χ0n) is 11.9. The number of aromatic carboxylic acids is 1. The van der Waals surface area contributed by atoms with Gasteiger partial charge in [0, 0.05) is 18.8 Å². The summed E-state index contributed by atoms with van der Waals surface area (Å²) in [5.41, 5.74) is 0.673. The van der Waals surface area contributed by atoms with E-state index in [1.54, 1.807) is 17.8 Å². The van der Waals surface area contributed by atoms with Gasteiger partial charge in [0.05, 0.1) is 10.5 Å². The molecule has 0 radical (unpaired) electrons. The van der Waals surface area contributed by atoms with E-state index in [0.717, 1.165) is 17.9 Å². The normalized spacial score (nSPS) is 17.4. The van der Waals surface area contributed by atoms with Crippen LogP contribution in [0.5, 0.6) is 0 Å². The molecule has 1 aromatic rings. The van der Waals surface area contributed by atoms with Gasteiger partial charge in [-0.05, 0) is 36.3 Å². The van der Waals surface area contributed by atoms with Crippen molar-refractivity contribution in [2.75, 3.05) is 24.6 Å². The van der Waals surface area contributed by atoms with Crippen LogP contribution in [0.15, 0.2) is 23.1 Å². The maximum atomic E-state index is 12.8. The highest BCUT2D eigenvalue weighted by molar-refractivity contribution is 7.99. The second-order valence-corrected chi connectivity index (χ2v) is 7.98. The van der Waals surface area contributed by atoms with Crippen LogP contribution in [0.2, 0.25) is 0 Å². The number of thioether (sulfide) groups is 1. The van der Waals surface area contributed by atoms with E-state index in [1.807, 2.05) is 6.92 Å². The fourth-order valence-electron chi connectivity index (χ4n) is 2.32. The maximum Gasteiger partial charge on any atom is 0.335 e. The Labute approximate surface area is 129 Å². The highest BCUT2D eigenvalue weighted by atomic mass is 32.2. The van der Waals surface area contributed by atoms with Crippen LogP contribution < -0.4 is 0 Å². The first kappa shape index (κ1) is 16.3. The van der Waals surface area contributed by atoms with Gasteiger partial charge in [-0.1, -0.05) is 13.0 Å². The van der Waals surface area contributed by atoms with Crippen molar-refractivity contribution < 1.29 is 18.3 Å². The molecule has 116 valence electrons. The Kier molecular flexibility index (Phi) is 5.29. The molecule has 0 aromatic heterocycles. The fourth-order valence-corrected chi connectivity index (χ4v) is 5.12. The highest BCUT2D eigenvalue weighted by Gasteiger charge is 2.28. The molecule has 0 amide bonds. The molecule has 1 heterocycles. The van der Waals surface area contributed by atoms with Crippen LogP contribution in [0.1, 0.15) is 29.3 Å². The zero-order chi connectivity index (χ0) is 15.5. The summed E-state index contributed by atoms with van der Waals surface area (Å²) in [4.78, 5) is 11.2. The van der Waals surface area contributed by atoms with Crippen molar-refractivity contribution in [2.24, 2.45) is 0 Å². The van der Waals surface area contributed by atoms with Gasteiger partial charge in [0.25, 0.3) is 0 Å². The number of hydrogen-bond acceptors (Lipinski definition) is 4. The molecular weight excluding hydrogens is 310 g/mol. The van der Waals surface area contributed by atoms with Gasteiger partial charge in [-0.15, -0.1) is 0 Å². The second kappa shape index (κ2) is 6.81. The number of nitrogens with zero attached hydrogens (tertiary/aromatic N) is 1. The van der Waals surface area contributed by atoms with E-state index in [2.05, 4.69) is 0 Å². The van der Waals surface area contributed by atoms with Gasteiger partial charge in [-0.2, -0.15) is 16.1 Å². The molecular formula is C14H19NO4S2. The average Bonchev–Trinajstić information content (AvgIpc) is 2.76. The Morgan fingerprint density at radius 2 is 2.10 bits per heavy atom. The van der Waals surface area contributed by atoms with Crippen molar-refractivity contribution in [2.45, 2.75) is 24.7 Å². The van der Waals surface area contributed by atoms with Gasteiger partial charge < -0.3 is 5.11 Å². The lowest BCUT2D eigenvalue weighted by Gasteiger charge is -2.21. The molecule has 0 spiro atoms. The summed E-state index contributed by atoms with van der Waals surface area (Å²) in [6.45, 7) is 2.84. The summed E-state index contributed by atoms with van der Waals surface area (Å²) in [5.74, 6) is 0.627. The maximum absolute atomic E-state index is 12.8. The van der Waals surface area contributed by atoms with Crippen LogP contribution in [0.3, 0.4) is 0 Å². The first-order chi connectivity index (χ1) is 9.96. The van der Waals surface area contributed by atoms with E-state index in [4.69, 9.17) is 5.11 Å². The number of carbonyl (C=O) groups is 1. The number of rotatable bonds is 4. The largest absolute Gasteiger partial charge is 0.478 e. The van der Waals surface area contributed by atoms with Crippen molar-refractivity contribution in [3.8, 4) is 0 Å². The number of aryl methyl sites for hydroxylation is 1. The SMILES string of the molecule is CCc1ccc(C(=O)O)cc1S(=O)(=O)N1CCCSCC1. The summed E-state index contributed by atoms with van der Waals surface area (Å²) < 4.78 is 27.1. The number of hydrogen-bond donors (Lipinski definition) is 1. The first-order valence-corrected chi connectivity index (χ1v) is 9.50. The van der Waals surface area contributed by atoms with E-state index < -0.39 is 16.0 Å². The molecule has 21 heavy (non-hydrogen) atoms. The van der Waals surface area contributed by atoms with E-state index in [-0.39, 0.29) is 10.5 Å². The van der Waals surface area contributed by atoms with Crippen LogP contribution in [0, 0.1) is 0 Å². The lowest BCUT2D eigenvalue weighted by atomic mass is 10.1. The molecule has 1 aromatic carbocycles. The van der Waals surface area contributed by atoms with Gasteiger partial charge in [0.2, 0.25) is 10.0 Å². The number of carboxylic acid groups (broad SMARTS) is 1. The minimum Gasteiger partial charge on any atom is -0.478 e. The molecule has 1 saturated heterocycles. The molecule has 1 aliphatic heterocycles. The molecule has 1 aliphatic rings. The van der Waals surface area contributed by atoms with Crippen LogP contribution >= 0.6 is 11.8 Å². The summed E-state index contributed by atoms with van der Waals surface area (Å²) >= 11 is 1.75. The third-order valence-electron chi connectivity index (χ3n) is 3.49. The molecule has 1 N–H and O–H groups in total. The highest BCUT2D eigenvalue weighted by Crippen LogP contribution is 2.24. The third-order valence-corrected chi connectivity index (χ3v) is 6.52. The Hall–Kier alpha value is -1.05. The van der Waals surface area contributed by atoms with Crippen LogP contribution in [0.25, 0.3) is 0 Å². The van der Waals surface area contributed by atoms with Crippen molar-refractivity contribution in [1.82, 2.24) is 4.31 Å². The van der Waals surface area contributed by atoms with Gasteiger partial charge in [0.1, 0.15) is 0 Å². The van der Waals surface area contributed by atoms with Gasteiger partial charge in [-0.3, -0.25) is 0 Å². The van der Waals surface area contributed by atoms with Crippen LogP contribution in [-0.2, 0) is 16.4 Å². The number of carboxylic acids is 1. The molecule has 0 bridgehead atoms. The smallest absolute Gasteiger partial charge is 0.335 e. The molecule has 7 heteroatoms. The van der Waals surface area contributed by atoms with E-state index in [0.29, 0.717) is 25.1 Å². The quantitative estimate of drug-likeness (QED) is 0.915. The van der Waals surface area contributed by atoms with Crippen molar-refractivity contribution in [3.05, 3.63) is 29.3 Å². The second-order valence-electron chi connectivity index (χ2n) is 4.85. The van der Waals surface area contributed by atoms with Gasteiger partial charge in [0.15, 0.2) is 0 Å². The standard InChI is InChI=1S/C14H19NO4S2/c1-2-11-4-5-12(14(16)17)10-13(11)21(18,19)15-6-3-8-20-9-7-15/h4-5,10H,2-3,6-9H2,1H3,(H,16,17). The number of sulfonamides is 1. The molecule has 0 atom stereocenters. The van der Waals surface area contributed by atoms with Crippen molar-refractivity contribution in [1.29, 1.82) is 0 Å². The van der Waals surface area contributed by atoms with Gasteiger partial charge in [-0.25, -0.2) is 13.2 Å². The summed E-state index contributed by atoms with van der Waals surface area (Å²) in [7, 11) is -3.63. The van der Waals surface area contributed by atoms with E-state index in [9.17, 15) is 13.2 Å². The Morgan fingerprint density at radius 1 is 1.33 bits per heavy atom. The third kappa shape index (κ3) is 3.59. The zero-order valence-corrected chi connectivity index (χ0v) is 13.5. The molecule has 5 nitrogen and oxygen atoms in total. The predicted molar refractivity (Wildman–Crippen MR) is 83.5 cm³/mol. The average molecular weight is 329 g/mol. The van der Waals surface area contributed by atoms with Gasteiger partial charge >= 0.3 is 5.97 Å². The van der Waals surface area contributed by atoms with Crippen molar-refractivity contribution in [3.63, 3.8) is 0 Å². The van der Waals surface area contributed by atoms with E-state index in [1.165, 1.54) is 16.4 Å².